The second-order valence-electron chi connectivity index (χ2n) is 8.63. The number of nitrogens with zero attached hydrogens (tertiary/aromatic N) is 3. The maximum Gasteiger partial charge on any atom is 0.251 e. The van der Waals surface area contributed by atoms with Crippen LogP contribution in [0.4, 0.5) is 0 Å². The first-order valence-electron chi connectivity index (χ1n) is 11.9. The predicted molar refractivity (Wildman–Crippen MR) is 131 cm³/mol. The lowest BCUT2D eigenvalue weighted by molar-refractivity contribution is -0.133. The fourth-order valence-corrected chi connectivity index (χ4v) is 5.86. The Morgan fingerprint density at radius 2 is 1.71 bits per heavy atom. The van der Waals surface area contributed by atoms with E-state index in [9.17, 15) is 18.0 Å². The largest absolute Gasteiger partial charge is 0.497 e. The summed E-state index contributed by atoms with van der Waals surface area (Å²) in [6, 6.07) is 10.6. The second kappa shape index (κ2) is 11.7. The van der Waals surface area contributed by atoms with Gasteiger partial charge in [0.05, 0.1) is 12.0 Å². The highest BCUT2D eigenvalue weighted by atomic mass is 32.2. The van der Waals surface area contributed by atoms with Crippen molar-refractivity contribution in [2.75, 3.05) is 33.3 Å². The molecule has 34 heavy (non-hydrogen) atoms. The Kier molecular flexibility index (Phi) is 8.90. The minimum atomic E-state index is -3.70. The molecule has 2 aromatic rings. The molecule has 0 N–H and O–H groups in total. The minimum absolute atomic E-state index is 0.0286. The Balaban J connectivity index is 1.56. The number of carbonyl (C=O) groups excluding carboxylic acids is 1. The first-order valence-corrected chi connectivity index (χ1v) is 13.3. The third-order valence-electron chi connectivity index (χ3n) is 6.57. The smallest absolute Gasteiger partial charge is 0.251 e. The number of ether oxygens (including phenoxy) is 1. The Morgan fingerprint density at radius 3 is 2.29 bits per heavy atom. The lowest BCUT2D eigenvalue weighted by Gasteiger charge is -2.32. The third-order valence-corrected chi connectivity index (χ3v) is 8.61. The lowest BCUT2D eigenvalue weighted by Crippen LogP contribution is -2.41. The summed E-state index contributed by atoms with van der Waals surface area (Å²) in [5.41, 5.74) is 0.888. The molecular formula is C25H35N3O5S. The molecule has 0 radical (unpaired) electrons. The number of pyridine rings is 1. The zero-order valence-electron chi connectivity index (χ0n) is 20.3. The molecule has 2 heterocycles. The average molecular weight is 490 g/mol. The molecule has 0 aliphatic carbocycles. The summed E-state index contributed by atoms with van der Waals surface area (Å²) in [6.07, 6.45) is 5.20. The quantitative estimate of drug-likeness (QED) is 0.512. The molecule has 8 nitrogen and oxygen atoms in total. The van der Waals surface area contributed by atoms with Crippen LogP contribution in [-0.2, 0) is 27.8 Å². The number of carbonyl (C=O) groups is 1. The molecule has 0 saturated carbocycles. The van der Waals surface area contributed by atoms with E-state index in [1.165, 1.54) is 32.8 Å². The third kappa shape index (κ3) is 6.27. The number of methoxy groups -OCH3 is 1. The van der Waals surface area contributed by atoms with Crippen molar-refractivity contribution in [2.24, 2.45) is 5.92 Å². The highest BCUT2D eigenvalue weighted by Gasteiger charge is 2.25. The van der Waals surface area contributed by atoms with Gasteiger partial charge in [-0.3, -0.25) is 9.59 Å². The van der Waals surface area contributed by atoms with Crippen LogP contribution in [0, 0.1) is 5.92 Å². The topological polar surface area (TPSA) is 88.9 Å². The van der Waals surface area contributed by atoms with Gasteiger partial charge in [-0.2, -0.15) is 4.31 Å². The van der Waals surface area contributed by atoms with Gasteiger partial charge in [0, 0.05) is 38.4 Å². The van der Waals surface area contributed by atoms with Crippen molar-refractivity contribution >= 4 is 15.9 Å². The van der Waals surface area contributed by atoms with Crippen molar-refractivity contribution in [1.29, 1.82) is 0 Å². The summed E-state index contributed by atoms with van der Waals surface area (Å²) >= 11 is 0. The number of sulfonamides is 1. The van der Waals surface area contributed by atoms with Crippen LogP contribution in [0.25, 0.3) is 0 Å². The summed E-state index contributed by atoms with van der Waals surface area (Å²) < 4.78 is 33.3. The number of rotatable bonds is 10. The Morgan fingerprint density at radius 1 is 1.06 bits per heavy atom. The van der Waals surface area contributed by atoms with E-state index in [4.69, 9.17) is 4.74 Å². The standard InChI is InChI=1S/C25H35N3O5S/c1-4-28(5-2)34(31,32)23-12-13-24(29)27(18-23)19-25(30)26-16-14-21(15-17-26)7-6-20-8-10-22(33-3)11-9-20/h8-13,18,21H,4-7,14-17,19H2,1-3H3. The van der Waals surface area contributed by atoms with E-state index < -0.39 is 10.0 Å². The van der Waals surface area contributed by atoms with Crippen LogP contribution in [-0.4, -0.2) is 61.4 Å². The van der Waals surface area contributed by atoms with Gasteiger partial charge in [0.1, 0.15) is 12.3 Å². The molecule has 0 atom stereocenters. The number of amides is 1. The van der Waals surface area contributed by atoms with Crippen LogP contribution in [0.15, 0.2) is 52.3 Å². The SMILES string of the molecule is CCN(CC)S(=O)(=O)c1ccc(=O)n(CC(=O)N2CCC(CCc3ccc(OC)cc3)CC2)c1. The van der Waals surface area contributed by atoms with E-state index in [1.54, 1.807) is 25.9 Å². The van der Waals surface area contributed by atoms with Gasteiger partial charge in [0.2, 0.25) is 15.9 Å². The van der Waals surface area contributed by atoms with Crippen LogP contribution in [0.3, 0.4) is 0 Å². The number of likely N-dealkylation sites (tertiary alicyclic amines) is 1. The number of hydrogen-bond donors (Lipinski definition) is 0. The molecule has 1 aliphatic heterocycles. The molecular weight excluding hydrogens is 454 g/mol. The van der Waals surface area contributed by atoms with E-state index in [1.807, 2.05) is 12.1 Å². The molecule has 0 unspecified atom stereocenters. The molecule has 0 spiro atoms. The van der Waals surface area contributed by atoms with Gasteiger partial charge in [-0.25, -0.2) is 8.42 Å². The zero-order valence-corrected chi connectivity index (χ0v) is 21.1. The van der Waals surface area contributed by atoms with Crippen molar-refractivity contribution in [1.82, 2.24) is 13.8 Å². The summed E-state index contributed by atoms with van der Waals surface area (Å²) in [6.45, 7) is 5.35. The summed E-state index contributed by atoms with van der Waals surface area (Å²) in [4.78, 5) is 27.0. The molecule has 0 bridgehead atoms. The maximum atomic E-state index is 12.9. The summed E-state index contributed by atoms with van der Waals surface area (Å²) in [5, 5.41) is 0. The van der Waals surface area contributed by atoms with Gasteiger partial charge in [-0.1, -0.05) is 26.0 Å². The fourth-order valence-electron chi connectivity index (χ4n) is 4.38. The Labute approximate surface area is 202 Å². The van der Waals surface area contributed by atoms with Gasteiger partial charge in [-0.15, -0.1) is 0 Å². The van der Waals surface area contributed by atoms with Crippen molar-refractivity contribution in [2.45, 2.75) is 51.0 Å². The van der Waals surface area contributed by atoms with Gasteiger partial charge < -0.3 is 14.2 Å². The second-order valence-corrected chi connectivity index (χ2v) is 10.6. The highest BCUT2D eigenvalue weighted by Crippen LogP contribution is 2.23. The van der Waals surface area contributed by atoms with Crippen molar-refractivity contribution in [3.05, 3.63) is 58.5 Å². The van der Waals surface area contributed by atoms with Gasteiger partial charge >= 0.3 is 0 Å². The van der Waals surface area contributed by atoms with Gasteiger partial charge in [0.25, 0.3) is 5.56 Å². The Bertz CT molecular complexity index is 1120. The van der Waals surface area contributed by atoms with E-state index in [2.05, 4.69) is 12.1 Å². The van der Waals surface area contributed by atoms with Crippen LogP contribution in [0.5, 0.6) is 5.75 Å². The summed E-state index contributed by atoms with van der Waals surface area (Å²) in [7, 11) is -2.04. The molecule has 1 aromatic heterocycles. The first-order chi connectivity index (χ1) is 16.3. The normalized spacial score (nSPS) is 15.0. The van der Waals surface area contributed by atoms with Crippen molar-refractivity contribution in [3.8, 4) is 5.75 Å². The monoisotopic (exact) mass is 489 g/mol. The maximum absolute atomic E-state index is 12.9. The van der Waals surface area contributed by atoms with Crippen LogP contribution < -0.4 is 10.3 Å². The number of hydrogen-bond acceptors (Lipinski definition) is 5. The summed E-state index contributed by atoms with van der Waals surface area (Å²) in [5.74, 6) is 1.25. The number of aryl methyl sites for hydroxylation is 1. The van der Waals surface area contributed by atoms with E-state index in [0.717, 1.165) is 31.4 Å². The van der Waals surface area contributed by atoms with Gasteiger partial charge in [0.15, 0.2) is 0 Å². The van der Waals surface area contributed by atoms with E-state index in [0.29, 0.717) is 32.1 Å². The fraction of sp³-hybridized carbons (Fsp3) is 0.520. The molecule has 1 aromatic carbocycles. The number of aromatic nitrogens is 1. The minimum Gasteiger partial charge on any atom is -0.497 e. The molecule has 1 amide bonds. The average Bonchev–Trinajstić information content (AvgIpc) is 2.85. The van der Waals surface area contributed by atoms with Crippen molar-refractivity contribution in [3.63, 3.8) is 0 Å². The predicted octanol–water partition coefficient (Wildman–Crippen LogP) is 2.76. The van der Waals surface area contributed by atoms with Crippen LogP contribution >= 0.6 is 0 Å². The lowest BCUT2D eigenvalue weighted by atomic mass is 9.90. The molecule has 1 aliphatic rings. The first kappa shape index (κ1) is 26.0. The Hall–Kier alpha value is -2.65. The van der Waals surface area contributed by atoms with Crippen LogP contribution in [0.1, 0.15) is 38.7 Å². The van der Waals surface area contributed by atoms with E-state index in [-0.39, 0.29) is 22.9 Å². The molecule has 3 rings (SSSR count). The van der Waals surface area contributed by atoms with Crippen molar-refractivity contribution < 1.29 is 17.9 Å². The molecule has 1 fully saturated rings. The van der Waals surface area contributed by atoms with E-state index >= 15 is 0 Å². The zero-order chi connectivity index (χ0) is 24.7. The highest BCUT2D eigenvalue weighted by molar-refractivity contribution is 7.89. The molecule has 1 saturated heterocycles. The molecule has 186 valence electrons. The number of piperidine rings is 1. The number of benzene rings is 1. The van der Waals surface area contributed by atoms with Gasteiger partial charge in [-0.05, 0) is 55.4 Å². The molecule has 9 heteroatoms. The van der Waals surface area contributed by atoms with Crippen LogP contribution in [0.2, 0.25) is 0 Å².